The molecular weight excluding hydrogens is 128 g/mol. The summed E-state index contributed by atoms with van der Waals surface area (Å²) in [5, 5.41) is 11.1. The smallest absolute Gasteiger partial charge is 0.149 e. The van der Waals surface area contributed by atoms with E-state index in [1.807, 2.05) is 0 Å². The zero-order chi connectivity index (χ0) is 6.97. The largest absolute Gasteiger partial charge is 0.315 e. The van der Waals surface area contributed by atoms with Crippen LogP contribution in [0.4, 0.5) is 0 Å². The summed E-state index contributed by atoms with van der Waals surface area (Å²) >= 11 is 0. The van der Waals surface area contributed by atoms with Gasteiger partial charge in [0.15, 0.2) is 0 Å². The zero-order valence-corrected chi connectivity index (χ0v) is 5.91. The molecule has 0 radical (unpaired) electrons. The first-order valence-electron chi connectivity index (χ1n) is 3.49. The first-order chi connectivity index (χ1) is 4.88. The van der Waals surface area contributed by atoms with Crippen LogP contribution < -0.4 is 5.32 Å². The molecular formula is C6H10N4. The summed E-state index contributed by atoms with van der Waals surface area (Å²) in [5.41, 5.74) is 0. The van der Waals surface area contributed by atoms with Crippen molar-refractivity contribution in [1.29, 1.82) is 0 Å². The van der Waals surface area contributed by atoms with Gasteiger partial charge in [0.05, 0.1) is 6.04 Å². The molecule has 0 saturated carbocycles. The summed E-state index contributed by atoms with van der Waals surface area (Å²) in [6.07, 6.45) is 1.78. The Hall–Kier alpha value is -0.900. The van der Waals surface area contributed by atoms with Crippen molar-refractivity contribution in [3.63, 3.8) is 0 Å². The molecule has 1 aliphatic heterocycles. The van der Waals surface area contributed by atoms with Gasteiger partial charge in [-0.1, -0.05) is 0 Å². The topological polar surface area (TPSA) is 42.7 Å². The third-order valence-corrected chi connectivity index (χ3v) is 1.84. The Morgan fingerprint density at radius 1 is 1.80 bits per heavy atom. The first kappa shape index (κ1) is 5.85. The van der Waals surface area contributed by atoms with Crippen LogP contribution in [0, 0.1) is 0 Å². The molecule has 2 rings (SSSR count). The summed E-state index contributed by atoms with van der Waals surface area (Å²) < 4.78 is 2.08. The van der Waals surface area contributed by atoms with E-state index in [0.29, 0.717) is 6.04 Å². The van der Waals surface area contributed by atoms with Crippen molar-refractivity contribution in [2.75, 3.05) is 6.54 Å². The maximum atomic E-state index is 3.99. The van der Waals surface area contributed by atoms with Crippen molar-refractivity contribution < 1.29 is 0 Å². The highest BCUT2D eigenvalue weighted by molar-refractivity contribution is 4.95. The molecule has 0 bridgehead atoms. The summed E-state index contributed by atoms with van der Waals surface area (Å²) in [4.78, 5) is 0. The lowest BCUT2D eigenvalue weighted by Gasteiger charge is -2.19. The highest BCUT2D eigenvalue weighted by Gasteiger charge is 2.15. The van der Waals surface area contributed by atoms with Gasteiger partial charge < -0.3 is 9.88 Å². The average Bonchev–Trinajstić information content (AvgIpc) is 2.36. The van der Waals surface area contributed by atoms with Crippen LogP contribution in [0.15, 0.2) is 6.33 Å². The van der Waals surface area contributed by atoms with Crippen LogP contribution in [0.1, 0.15) is 18.8 Å². The second-order valence-electron chi connectivity index (χ2n) is 2.56. The second-order valence-corrected chi connectivity index (χ2v) is 2.56. The number of hydrogen-bond donors (Lipinski definition) is 1. The van der Waals surface area contributed by atoms with Gasteiger partial charge in [-0.2, -0.15) is 0 Å². The van der Waals surface area contributed by atoms with E-state index in [1.54, 1.807) is 6.33 Å². The molecule has 54 valence electrons. The van der Waals surface area contributed by atoms with Gasteiger partial charge in [-0.05, 0) is 6.92 Å². The van der Waals surface area contributed by atoms with Crippen LogP contribution in [-0.2, 0) is 6.54 Å². The van der Waals surface area contributed by atoms with Crippen molar-refractivity contribution >= 4 is 0 Å². The van der Waals surface area contributed by atoms with Crippen molar-refractivity contribution in [3.05, 3.63) is 12.2 Å². The van der Waals surface area contributed by atoms with Crippen molar-refractivity contribution in [1.82, 2.24) is 20.1 Å². The molecule has 1 aromatic rings. The van der Waals surface area contributed by atoms with Gasteiger partial charge in [-0.25, -0.2) is 0 Å². The van der Waals surface area contributed by atoms with E-state index in [-0.39, 0.29) is 0 Å². The predicted molar refractivity (Wildman–Crippen MR) is 36.4 cm³/mol. The number of fused-ring (bicyclic) bond motifs is 1. The van der Waals surface area contributed by atoms with Crippen LogP contribution in [0.5, 0.6) is 0 Å². The third kappa shape index (κ3) is 0.724. The molecule has 0 amide bonds. The average molecular weight is 138 g/mol. The first-order valence-corrected chi connectivity index (χ1v) is 3.49. The monoisotopic (exact) mass is 138 g/mol. The maximum Gasteiger partial charge on any atom is 0.149 e. The summed E-state index contributed by atoms with van der Waals surface area (Å²) in [6, 6.07) is 0.358. The Kier molecular flexibility index (Phi) is 1.20. The number of aromatic nitrogens is 3. The standard InChI is InChI=1S/C6H10N4/c1-5-6-9-8-4-10(6)3-2-7-5/h4-5,7H,2-3H2,1H3/t5-/m0/s1. The Balaban J connectivity index is 2.41. The van der Waals surface area contributed by atoms with Gasteiger partial charge in [0.1, 0.15) is 12.2 Å². The molecule has 1 N–H and O–H groups in total. The Bertz CT molecular complexity index is 229. The van der Waals surface area contributed by atoms with Gasteiger partial charge >= 0.3 is 0 Å². The highest BCUT2D eigenvalue weighted by atomic mass is 15.3. The fourth-order valence-electron chi connectivity index (χ4n) is 1.26. The second kappa shape index (κ2) is 2.05. The van der Waals surface area contributed by atoms with Crippen LogP contribution in [-0.4, -0.2) is 21.3 Å². The third-order valence-electron chi connectivity index (χ3n) is 1.84. The molecule has 0 aliphatic carbocycles. The number of rotatable bonds is 0. The van der Waals surface area contributed by atoms with Gasteiger partial charge in [-0.15, -0.1) is 10.2 Å². The molecule has 0 saturated heterocycles. The summed E-state index contributed by atoms with van der Waals surface area (Å²) in [6.45, 7) is 4.11. The minimum Gasteiger partial charge on any atom is -0.315 e. The summed E-state index contributed by atoms with van der Waals surface area (Å²) in [5.74, 6) is 1.05. The molecule has 1 atom stereocenters. The van der Waals surface area contributed by atoms with E-state index in [9.17, 15) is 0 Å². The SMILES string of the molecule is C[C@@H]1NCCn2cnnc21. The number of nitrogens with zero attached hydrogens (tertiary/aromatic N) is 3. The fraction of sp³-hybridized carbons (Fsp3) is 0.667. The molecule has 4 nitrogen and oxygen atoms in total. The van der Waals surface area contributed by atoms with E-state index in [1.165, 1.54) is 0 Å². The molecule has 1 aliphatic rings. The van der Waals surface area contributed by atoms with Gasteiger partial charge in [0.25, 0.3) is 0 Å². The van der Waals surface area contributed by atoms with Crippen LogP contribution >= 0.6 is 0 Å². The van der Waals surface area contributed by atoms with Gasteiger partial charge in [-0.3, -0.25) is 0 Å². The molecule has 2 heterocycles. The molecule has 4 heteroatoms. The predicted octanol–water partition coefficient (Wildman–Crippen LogP) is -0.0577. The van der Waals surface area contributed by atoms with E-state index in [4.69, 9.17) is 0 Å². The molecule has 0 aromatic carbocycles. The lowest BCUT2D eigenvalue weighted by molar-refractivity contribution is 0.437. The number of hydrogen-bond acceptors (Lipinski definition) is 3. The molecule has 0 fully saturated rings. The molecule has 1 aromatic heterocycles. The van der Waals surface area contributed by atoms with Crippen LogP contribution in [0.25, 0.3) is 0 Å². The number of nitrogens with one attached hydrogen (secondary N) is 1. The Morgan fingerprint density at radius 2 is 2.70 bits per heavy atom. The minimum absolute atomic E-state index is 0.358. The van der Waals surface area contributed by atoms with Gasteiger partial charge in [0.2, 0.25) is 0 Å². The molecule has 0 spiro atoms. The Labute approximate surface area is 59.3 Å². The van der Waals surface area contributed by atoms with Crippen LogP contribution in [0.2, 0.25) is 0 Å². The van der Waals surface area contributed by atoms with Crippen molar-refractivity contribution in [2.45, 2.75) is 19.5 Å². The van der Waals surface area contributed by atoms with E-state index < -0.39 is 0 Å². The highest BCUT2D eigenvalue weighted by Crippen LogP contribution is 2.11. The van der Waals surface area contributed by atoms with Crippen molar-refractivity contribution in [2.24, 2.45) is 0 Å². The fourth-order valence-corrected chi connectivity index (χ4v) is 1.26. The quantitative estimate of drug-likeness (QED) is 0.546. The normalized spacial score (nSPS) is 24.3. The van der Waals surface area contributed by atoms with E-state index in [2.05, 4.69) is 27.0 Å². The lowest BCUT2D eigenvalue weighted by atomic mass is 10.2. The minimum atomic E-state index is 0.358. The zero-order valence-electron chi connectivity index (χ0n) is 5.91. The maximum absolute atomic E-state index is 3.99. The van der Waals surface area contributed by atoms with Crippen LogP contribution in [0.3, 0.4) is 0 Å². The Morgan fingerprint density at radius 3 is 3.50 bits per heavy atom. The summed E-state index contributed by atoms with van der Waals surface area (Å²) in [7, 11) is 0. The molecule has 10 heavy (non-hydrogen) atoms. The van der Waals surface area contributed by atoms with Crippen molar-refractivity contribution in [3.8, 4) is 0 Å². The molecule has 0 unspecified atom stereocenters. The lowest BCUT2D eigenvalue weighted by Crippen LogP contribution is -2.31. The van der Waals surface area contributed by atoms with Gasteiger partial charge in [0, 0.05) is 13.1 Å². The van der Waals surface area contributed by atoms with E-state index >= 15 is 0 Å². The van der Waals surface area contributed by atoms with E-state index in [0.717, 1.165) is 18.9 Å².